The highest BCUT2D eigenvalue weighted by Crippen LogP contribution is 2.40. The fraction of sp³-hybridized carbons (Fsp3) is 0.600. The summed E-state index contributed by atoms with van der Waals surface area (Å²) in [6, 6.07) is 0. The summed E-state index contributed by atoms with van der Waals surface area (Å²) < 4.78 is 10.2. The molecule has 0 aromatic rings. The van der Waals surface area contributed by atoms with E-state index in [1.807, 2.05) is 6.92 Å². The monoisotopic (exact) mass is 344 g/mol. The minimum Gasteiger partial charge on any atom is -0.468 e. The first kappa shape index (κ1) is 17.0. The molecule has 1 aliphatic rings. The maximum absolute atomic E-state index is 12.2. The second kappa shape index (κ2) is 7.07. The molecule has 20 heavy (non-hydrogen) atoms. The van der Waals surface area contributed by atoms with E-state index in [1.54, 1.807) is 0 Å². The largest absolute Gasteiger partial charge is 0.468 e. The second-order valence-corrected chi connectivity index (χ2v) is 6.26. The van der Waals surface area contributed by atoms with Gasteiger partial charge in [0, 0.05) is 6.42 Å². The molecule has 0 N–H and O–H groups in total. The maximum atomic E-state index is 12.2. The molecule has 0 spiro atoms. The van der Waals surface area contributed by atoms with Crippen molar-refractivity contribution in [3.05, 3.63) is 22.2 Å². The van der Waals surface area contributed by atoms with Crippen molar-refractivity contribution in [2.45, 2.75) is 39.0 Å². The van der Waals surface area contributed by atoms with Gasteiger partial charge < -0.3 is 9.47 Å². The first-order chi connectivity index (χ1) is 9.37. The van der Waals surface area contributed by atoms with Crippen LogP contribution in [0.3, 0.4) is 0 Å². The lowest BCUT2D eigenvalue weighted by molar-refractivity contribution is -0.169. The van der Waals surface area contributed by atoms with Gasteiger partial charge in [-0.05, 0) is 37.1 Å². The highest BCUT2D eigenvalue weighted by Gasteiger charge is 2.48. The molecule has 0 radical (unpaired) electrons. The molecule has 1 saturated carbocycles. The van der Waals surface area contributed by atoms with Crippen molar-refractivity contribution in [1.82, 2.24) is 0 Å². The molecular formula is C15H21BrO4. The number of methoxy groups -OCH3 is 2. The SMILES string of the molecule is C=C(Br)CC(CCC(C)=C1CC1)(C(=O)OC)C(=O)OC. The van der Waals surface area contributed by atoms with Gasteiger partial charge in [-0.2, -0.15) is 0 Å². The van der Waals surface area contributed by atoms with E-state index in [2.05, 4.69) is 22.5 Å². The van der Waals surface area contributed by atoms with Gasteiger partial charge in [0.2, 0.25) is 0 Å². The van der Waals surface area contributed by atoms with Crippen molar-refractivity contribution in [3.63, 3.8) is 0 Å². The van der Waals surface area contributed by atoms with Crippen LogP contribution in [0.25, 0.3) is 0 Å². The summed E-state index contributed by atoms with van der Waals surface area (Å²) in [5.41, 5.74) is 1.36. The van der Waals surface area contributed by atoms with Crippen LogP contribution in [0.5, 0.6) is 0 Å². The standard InChI is InChI=1S/C15H21BrO4/c1-10(12-5-6-12)7-8-15(9-11(2)16,13(17)19-3)14(18)20-4/h2,5-9H2,1,3-4H3. The van der Waals surface area contributed by atoms with Gasteiger partial charge in [0.25, 0.3) is 0 Å². The summed E-state index contributed by atoms with van der Waals surface area (Å²) in [7, 11) is 2.56. The van der Waals surface area contributed by atoms with E-state index in [0.29, 0.717) is 17.3 Å². The number of esters is 2. The molecule has 112 valence electrons. The van der Waals surface area contributed by atoms with Crippen LogP contribution in [0.4, 0.5) is 0 Å². The van der Waals surface area contributed by atoms with Gasteiger partial charge in [-0.3, -0.25) is 9.59 Å². The first-order valence-corrected chi connectivity index (χ1v) is 7.34. The number of carbonyl (C=O) groups excluding carboxylic acids is 2. The van der Waals surface area contributed by atoms with Gasteiger partial charge in [-0.15, -0.1) is 0 Å². The smallest absolute Gasteiger partial charge is 0.323 e. The minimum atomic E-state index is -1.32. The van der Waals surface area contributed by atoms with E-state index in [1.165, 1.54) is 25.4 Å². The number of ether oxygens (including phenoxy) is 2. The van der Waals surface area contributed by atoms with Crippen molar-refractivity contribution in [2.75, 3.05) is 14.2 Å². The van der Waals surface area contributed by atoms with Crippen LogP contribution in [0.15, 0.2) is 22.2 Å². The molecule has 0 bridgehead atoms. The number of hydrogen-bond acceptors (Lipinski definition) is 4. The van der Waals surface area contributed by atoms with Gasteiger partial charge in [-0.1, -0.05) is 33.7 Å². The zero-order chi connectivity index (χ0) is 15.3. The van der Waals surface area contributed by atoms with Gasteiger partial charge >= 0.3 is 11.9 Å². The predicted molar refractivity (Wildman–Crippen MR) is 80.3 cm³/mol. The third kappa shape index (κ3) is 3.95. The van der Waals surface area contributed by atoms with Gasteiger partial charge in [0.15, 0.2) is 5.41 Å². The average molecular weight is 345 g/mol. The van der Waals surface area contributed by atoms with Crippen LogP contribution in [0, 0.1) is 5.41 Å². The quantitative estimate of drug-likeness (QED) is 0.403. The second-order valence-electron chi connectivity index (χ2n) is 5.14. The molecule has 0 saturated heterocycles. The Morgan fingerprint density at radius 1 is 1.25 bits per heavy atom. The van der Waals surface area contributed by atoms with E-state index >= 15 is 0 Å². The molecular weight excluding hydrogens is 324 g/mol. The summed E-state index contributed by atoms with van der Waals surface area (Å²) in [4.78, 5) is 24.3. The minimum absolute atomic E-state index is 0.176. The Hall–Kier alpha value is -1.10. The van der Waals surface area contributed by atoms with E-state index < -0.39 is 17.4 Å². The molecule has 0 aromatic carbocycles. The highest BCUT2D eigenvalue weighted by molar-refractivity contribution is 9.11. The van der Waals surface area contributed by atoms with E-state index in [-0.39, 0.29) is 6.42 Å². The number of allylic oxidation sites excluding steroid dienone is 3. The molecule has 1 aliphatic carbocycles. The molecule has 0 atom stereocenters. The normalized spacial score (nSPS) is 13.7. The third-order valence-corrected chi connectivity index (χ3v) is 3.96. The van der Waals surface area contributed by atoms with Crippen LogP contribution in [0.2, 0.25) is 0 Å². The summed E-state index contributed by atoms with van der Waals surface area (Å²) in [5.74, 6) is -1.14. The first-order valence-electron chi connectivity index (χ1n) is 6.55. The Kier molecular flexibility index (Phi) is 5.99. The topological polar surface area (TPSA) is 52.6 Å². The van der Waals surface area contributed by atoms with Crippen molar-refractivity contribution in [3.8, 4) is 0 Å². The number of carbonyl (C=O) groups is 2. The summed E-state index contributed by atoms with van der Waals surface area (Å²) >= 11 is 3.23. The molecule has 4 nitrogen and oxygen atoms in total. The van der Waals surface area contributed by atoms with E-state index in [4.69, 9.17) is 9.47 Å². The van der Waals surface area contributed by atoms with E-state index in [0.717, 1.165) is 12.8 Å². The summed E-state index contributed by atoms with van der Waals surface area (Å²) in [6.45, 7) is 5.78. The fourth-order valence-electron chi connectivity index (χ4n) is 2.31. The Morgan fingerprint density at radius 2 is 1.75 bits per heavy atom. The molecule has 0 unspecified atom stereocenters. The third-order valence-electron chi connectivity index (χ3n) is 3.68. The summed E-state index contributed by atoms with van der Waals surface area (Å²) in [5, 5.41) is 0. The maximum Gasteiger partial charge on any atom is 0.323 e. The molecule has 1 rings (SSSR count). The Morgan fingerprint density at radius 3 is 2.10 bits per heavy atom. The predicted octanol–water partition coefficient (Wildman–Crippen LogP) is 3.51. The molecule has 0 aromatic heterocycles. The van der Waals surface area contributed by atoms with Crippen molar-refractivity contribution < 1.29 is 19.1 Å². The Labute approximate surface area is 128 Å². The lowest BCUT2D eigenvalue weighted by atomic mass is 9.79. The highest BCUT2D eigenvalue weighted by atomic mass is 79.9. The van der Waals surface area contributed by atoms with Crippen LogP contribution < -0.4 is 0 Å². The van der Waals surface area contributed by atoms with Crippen LogP contribution >= 0.6 is 15.9 Å². The van der Waals surface area contributed by atoms with Crippen molar-refractivity contribution in [1.29, 1.82) is 0 Å². The molecule has 5 heteroatoms. The lowest BCUT2D eigenvalue weighted by Gasteiger charge is -2.28. The average Bonchev–Trinajstić information content (AvgIpc) is 3.25. The Balaban J connectivity index is 3.00. The lowest BCUT2D eigenvalue weighted by Crippen LogP contribution is -2.41. The number of hydrogen-bond donors (Lipinski definition) is 0. The van der Waals surface area contributed by atoms with Gasteiger partial charge in [0.05, 0.1) is 14.2 Å². The number of rotatable bonds is 7. The number of halogens is 1. The molecule has 0 heterocycles. The zero-order valence-electron chi connectivity index (χ0n) is 12.3. The summed E-state index contributed by atoms with van der Waals surface area (Å²) in [6.07, 6.45) is 3.47. The Bertz CT molecular complexity index is 429. The molecule has 0 amide bonds. The van der Waals surface area contributed by atoms with Crippen LogP contribution in [0.1, 0.15) is 39.0 Å². The van der Waals surface area contributed by atoms with E-state index in [9.17, 15) is 9.59 Å². The van der Waals surface area contributed by atoms with Gasteiger partial charge in [-0.25, -0.2) is 0 Å². The molecule has 1 fully saturated rings. The van der Waals surface area contributed by atoms with Crippen LogP contribution in [-0.2, 0) is 19.1 Å². The molecule has 0 aliphatic heterocycles. The van der Waals surface area contributed by atoms with Gasteiger partial charge in [0.1, 0.15) is 0 Å². The zero-order valence-corrected chi connectivity index (χ0v) is 13.8. The van der Waals surface area contributed by atoms with Crippen molar-refractivity contribution >= 4 is 27.9 Å². The fourth-order valence-corrected chi connectivity index (χ4v) is 2.78. The van der Waals surface area contributed by atoms with Crippen molar-refractivity contribution in [2.24, 2.45) is 5.41 Å². The van der Waals surface area contributed by atoms with Crippen LogP contribution in [-0.4, -0.2) is 26.2 Å².